The van der Waals surface area contributed by atoms with Gasteiger partial charge in [0.05, 0.1) is 10.2 Å². The summed E-state index contributed by atoms with van der Waals surface area (Å²) in [6.45, 7) is 0. The molecule has 23 heavy (non-hydrogen) atoms. The van der Waals surface area contributed by atoms with Crippen LogP contribution >= 0.6 is 15.9 Å². The average molecular weight is 373 g/mol. The highest BCUT2D eigenvalue weighted by Gasteiger charge is 2.07. The maximum atomic E-state index is 13.6. The standard InChI is InChI=1S/C17H14BrFN4/c1-20-17-22-15(11-5-3-2-4-6-11)10-16(23-17)21-12-7-8-13(18)14(19)9-12/h2-10H,1H3,(H2,20,21,22,23). The molecule has 0 bridgehead atoms. The highest BCUT2D eigenvalue weighted by molar-refractivity contribution is 9.10. The Hall–Kier alpha value is -2.47. The molecular weight excluding hydrogens is 359 g/mol. The molecule has 0 atom stereocenters. The van der Waals surface area contributed by atoms with Gasteiger partial charge in [0.1, 0.15) is 11.6 Å². The average Bonchev–Trinajstić information content (AvgIpc) is 2.58. The number of halogens is 2. The van der Waals surface area contributed by atoms with Crippen LogP contribution in [0.5, 0.6) is 0 Å². The normalized spacial score (nSPS) is 10.4. The van der Waals surface area contributed by atoms with Crippen LogP contribution < -0.4 is 10.6 Å². The zero-order chi connectivity index (χ0) is 16.2. The van der Waals surface area contributed by atoms with Gasteiger partial charge < -0.3 is 10.6 Å². The van der Waals surface area contributed by atoms with Crippen molar-refractivity contribution >= 4 is 33.4 Å². The molecule has 1 heterocycles. The topological polar surface area (TPSA) is 49.8 Å². The summed E-state index contributed by atoms with van der Waals surface area (Å²) < 4.78 is 14.1. The van der Waals surface area contributed by atoms with Crippen LogP contribution in [0.25, 0.3) is 11.3 Å². The van der Waals surface area contributed by atoms with Gasteiger partial charge in [0.25, 0.3) is 0 Å². The Morgan fingerprint density at radius 2 is 1.78 bits per heavy atom. The van der Waals surface area contributed by atoms with E-state index in [0.29, 0.717) is 21.9 Å². The summed E-state index contributed by atoms with van der Waals surface area (Å²) in [5.74, 6) is 0.748. The van der Waals surface area contributed by atoms with Crippen molar-refractivity contribution in [1.29, 1.82) is 0 Å². The number of anilines is 3. The lowest BCUT2D eigenvalue weighted by Gasteiger charge is -2.10. The quantitative estimate of drug-likeness (QED) is 0.688. The summed E-state index contributed by atoms with van der Waals surface area (Å²) in [5.41, 5.74) is 2.38. The summed E-state index contributed by atoms with van der Waals surface area (Å²) in [7, 11) is 1.76. The van der Waals surface area contributed by atoms with Crippen LogP contribution in [0.4, 0.5) is 21.8 Å². The smallest absolute Gasteiger partial charge is 0.224 e. The van der Waals surface area contributed by atoms with Gasteiger partial charge in [0, 0.05) is 24.4 Å². The van der Waals surface area contributed by atoms with E-state index in [1.807, 2.05) is 36.4 Å². The molecule has 116 valence electrons. The minimum absolute atomic E-state index is 0.332. The van der Waals surface area contributed by atoms with E-state index in [1.54, 1.807) is 19.2 Å². The van der Waals surface area contributed by atoms with E-state index >= 15 is 0 Å². The summed E-state index contributed by atoms with van der Waals surface area (Å²) in [4.78, 5) is 8.81. The Kier molecular flexibility index (Phi) is 4.52. The van der Waals surface area contributed by atoms with Crippen molar-refractivity contribution in [2.24, 2.45) is 0 Å². The summed E-state index contributed by atoms with van der Waals surface area (Å²) in [6.07, 6.45) is 0. The highest BCUT2D eigenvalue weighted by atomic mass is 79.9. The molecule has 0 aliphatic rings. The molecule has 4 nitrogen and oxygen atoms in total. The first kappa shape index (κ1) is 15.4. The molecule has 0 amide bonds. The summed E-state index contributed by atoms with van der Waals surface area (Å²) in [5, 5.41) is 6.04. The van der Waals surface area contributed by atoms with Gasteiger partial charge in [-0.05, 0) is 34.1 Å². The molecule has 0 fully saturated rings. The fourth-order valence-corrected chi connectivity index (χ4v) is 2.35. The number of aromatic nitrogens is 2. The third kappa shape index (κ3) is 3.65. The predicted molar refractivity (Wildman–Crippen MR) is 94.4 cm³/mol. The van der Waals surface area contributed by atoms with E-state index in [9.17, 15) is 4.39 Å². The lowest BCUT2D eigenvalue weighted by atomic mass is 10.1. The Morgan fingerprint density at radius 3 is 2.48 bits per heavy atom. The lowest BCUT2D eigenvalue weighted by molar-refractivity contribution is 0.622. The van der Waals surface area contributed by atoms with Crippen molar-refractivity contribution in [3.05, 3.63) is 64.9 Å². The molecule has 3 rings (SSSR count). The zero-order valence-corrected chi connectivity index (χ0v) is 13.9. The van der Waals surface area contributed by atoms with Gasteiger partial charge in [0.2, 0.25) is 5.95 Å². The van der Waals surface area contributed by atoms with E-state index in [-0.39, 0.29) is 5.82 Å². The molecule has 3 aromatic rings. The molecule has 0 unspecified atom stereocenters. The Bertz CT molecular complexity index is 824. The van der Waals surface area contributed by atoms with Crippen molar-refractivity contribution in [1.82, 2.24) is 9.97 Å². The second-order valence-corrected chi connectivity index (χ2v) is 5.69. The Balaban J connectivity index is 1.97. The molecule has 1 aromatic heterocycles. The molecule has 0 spiro atoms. The van der Waals surface area contributed by atoms with Crippen molar-refractivity contribution in [3.8, 4) is 11.3 Å². The second kappa shape index (κ2) is 6.75. The second-order valence-electron chi connectivity index (χ2n) is 4.83. The van der Waals surface area contributed by atoms with Crippen LogP contribution in [-0.2, 0) is 0 Å². The fourth-order valence-electron chi connectivity index (χ4n) is 2.10. The highest BCUT2D eigenvalue weighted by Crippen LogP contribution is 2.25. The number of hydrogen-bond acceptors (Lipinski definition) is 4. The van der Waals surface area contributed by atoms with Crippen molar-refractivity contribution in [3.63, 3.8) is 0 Å². The minimum Gasteiger partial charge on any atom is -0.357 e. The molecular formula is C17H14BrFN4. The van der Waals surface area contributed by atoms with Crippen LogP contribution in [0.3, 0.4) is 0 Å². The minimum atomic E-state index is -0.332. The molecule has 0 aliphatic carbocycles. The van der Waals surface area contributed by atoms with E-state index in [0.717, 1.165) is 11.3 Å². The zero-order valence-electron chi connectivity index (χ0n) is 12.3. The first-order chi connectivity index (χ1) is 11.2. The van der Waals surface area contributed by atoms with E-state index in [4.69, 9.17) is 0 Å². The molecule has 6 heteroatoms. The van der Waals surface area contributed by atoms with Crippen LogP contribution in [0.2, 0.25) is 0 Å². The van der Waals surface area contributed by atoms with E-state index in [1.165, 1.54) is 6.07 Å². The largest absolute Gasteiger partial charge is 0.357 e. The van der Waals surface area contributed by atoms with Gasteiger partial charge in [0.15, 0.2) is 0 Å². The molecule has 0 saturated carbocycles. The third-order valence-electron chi connectivity index (χ3n) is 3.21. The predicted octanol–water partition coefficient (Wildman–Crippen LogP) is 4.83. The molecule has 2 N–H and O–H groups in total. The summed E-state index contributed by atoms with van der Waals surface area (Å²) in [6, 6.07) is 16.5. The Labute approximate surface area is 141 Å². The van der Waals surface area contributed by atoms with Gasteiger partial charge >= 0.3 is 0 Å². The molecule has 0 radical (unpaired) electrons. The van der Waals surface area contributed by atoms with Gasteiger partial charge in [-0.2, -0.15) is 4.98 Å². The van der Waals surface area contributed by atoms with Crippen molar-refractivity contribution < 1.29 is 4.39 Å². The summed E-state index contributed by atoms with van der Waals surface area (Å²) >= 11 is 3.14. The fraction of sp³-hybridized carbons (Fsp3) is 0.0588. The molecule has 2 aromatic carbocycles. The van der Waals surface area contributed by atoms with Gasteiger partial charge in [-0.1, -0.05) is 30.3 Å². The van der Waals surface area contributed by atoms with Crippen LogP contribution in [0, 0.1) is 5.82 Å². The monoisotopic (exact) mass is 372 g/mol. The maximum absolute atomic E-state index is 13.6. The third-order valence-corrected chi connectivity index (χ3v) is 3.85. The lowest BCUT2D eigenvalue weighted by Crippen LogP contribution is -2.02. The Morgan fingerprint density at radius 1 is 1.00 bits per heavy atom. The first-order valence-electron chi connectivity index (χ1n) is 7.00. The first-order valence-corrected chi connectivity index (χ1v) is 7.79. The van der Waals surface area contributed by atoms with E-state index in [2.05, 4.69) is 36.5 Å². The van der Waals surface area contributed by atoms with Crippen molar-refractivity contribution in [2.45, 2.75) is 0 Å². The molecule has 0 aliphatic heterocycles. The van der Waals surface area contributed by atoms with Gasteiger partial charge in [-0.25, -0.2) is 9.37 Å². The van der Waals surface area contributed by atoms with Crippen LogP contribution in [0.15, 0.2) is 59.1 Å². The number of benzene rings is 2. The van der Waals surface area contributed by atoms with Crippen LogP contribution in [0.1, 0.15) is 0 Å². The van der Waals surface area contributed by atoms with Crippen LogP contribution in [-0.4, -0.2) is 17.0 Å². The number of rotatable bonds is 4. The number of hydrogen-bond donors (Lipinski definition) is 2. The van der Waals surface area contributed by atoms with Gasteiger partial charge in [-0.3, -0.25) is 0 Å². The maximum Gasteiger partial charge on any atom is 0.224 e. The van der Waals surface area contributed by atoms with Crippen molar-refractivity contribution in [2.75, 3.05) is 17.7 Å². The van der Waals surface area contributed by atoms with E-state index < -0.39 is 0 Å². The van der Waals surface area contributed by atoms with Gasteiger partial charge in [-0.15, -0.1) is 0 Å². The number of nitrogens with zero attached hydrogens (tertiary/aromatic N) is 2. The molecule has 0 saturated heterocycles. The number of nitrogens with one attached hydrogen (secondary N) is 2. The SMILES string of the molecule is CNc1nc(Nc2ccc(Br)c(F)c2)cc(-c2ccccc2)n1.